The van der Waals surface area contributed by atoms with Gasteiger partial charge in [-0.3, -0.25) is 0 Å². The van der Waals surface area contributed by atoms with E-state index >= 15 is 0 Å². The van der Waals surface area contributed by atoms with Crippen LogP contribution in [-0.4, -0.2) is 24.2 Å². The summed E-state index contributed by atoms with van der Waals surface area (Å²) < 4.78 is 18.1. The topological polar surface area (TPSA) is 34.2 Å². The molecular weight excluding hydrogens is 195 g/mol. The molecule has 1 aromatic rings. The molecule has 2 unspecified atom stereocenters. The Kier molecular flexibility index (Phi) is 3.16. The molecule has 82 valence electrons. The monoisotopic (exact) mass is 210 g/mol. The molecule has 0 amide bonds. The van der Waals surface area contributed by atoms with Crippen molar-refractivity contribution in [1.82, 2.24) is 4.98 Å². The van der Waals surface area contributed by atoms with E-state index in [1.54, 1.807) is 12.1 Å². The van der Waals surface area contributed by atoms with Gasteiger partial charge in [0.1, 0.15) is 5.82 Å². The van der Waals surface area contributed by atoms with Crippen LogP contribution in [0.15, 0.2) is 18.2 Å². The van der Waals surface area contributed by atoms with Gasteiger partial charge in [0, 0.05) is 18.6 Å². The number of aromatic nitrogens is 1. The average Bonchev–Trinajstić information content (AvgIpc) is 2.70. The van der Waals surface area contributed by atoms with Crippen molar-refractivity contribution in [1.29, 1.82) is 0 Å². The molecular formula is C11H15FN2O. The van der Waals surface area contributed by atoms with Gasteiger partial charge in [-0.25, -0.2) is 4.98 Å². The lowest BCUT2D eigenvalue weighted by Crippen LogP contribution is -2.26. The Balaban J connectivity index is 1.95. The zero-order valence-electron chi connectivity index (χ0n) is 8.74. The Bertz CT molecular complexity index is 326. The van der Waals surface area contributed by atoms with Gasteiger partial charge in [-0.1, -0.05) is 6.07 Å². The Morgan fingerprint density at radius 1 is 1.60 bits per heavy atom. The van der Waals surface area contributed by atoms with Crippen LogP contribution in [0.2, 0.25) is 0 Å². The highest BCUT2D eigenvalue weighted by Crippen LogP contribution is 2.19. The van der Waals surface area contributed by atoms with E-state index in [2.05, 4.69) is 17.2 Å². The fraction of sp³-hybridized carbons (Fsp3) is 0.545. The molecule has 0 spiro atoms. The third-order valence-electron chi connectivity index (χ3n) is 2.76. The molecule has 1 fully saturated rings. The van der Waals surface area contributed by atoms with Crippen LogP contribution >= 0.6 is 0 Å². The number of pyridine rings is 1. The van der Waals surface area contributed by atoms with Gasteiger partial charge < -0.3 is 10.1 Å². The minimum Gasteiger partial charge on any atom is -0.381 e. The smallest absolute Gasteiger partial charge is 0.214 e. The maximum Gasteiger partial charge on any atom is 0.214 e. The number of nitrogens with zero attached hydrogens (tertiary/aromatic N) is 1. The molecule has 1 N–H and O–H groups in total. The Hall–Kier alpha value is -1.16. The number of ether oxygens (including phenoxy) is 1. The predicted octanol–water partition coefficient (Wildman–Crippen LogP) is 2.06. The van der Waals surface area contributed by atoms with Gasteiger partial charge in [0.05, 0.1) is 6.61 Å². The maximum absolute atomic E-state index is 12.8. The number of halogens is 1. The van der Waals surface area contributed by atoms with Gasteiger partial charge in [0.2, 0.25) is 5.95 Å². The van der Waals surface area contributed by atoms with Crippen LogP contribution < -0.4 is 5.32 Å². The summed E-state index contributed by atoms with van der Waals surface area (Å²) in [5, 5.41) is 3.19. The fourth-order valence-corrected chi connectivity index (χ4v) is 1.79. The van der Waals surface area contributed by atoms with E-state index in [1.807, 2.05) is 0 Å². The zero-order chi connectivity index (χ0) is 10.7. The third-order valence-corrected chi connectivity index (χ3v) is 2.76. The van der Waals surface area contributed by atoms with Crippen molar-refractivity contribution in [2.45, 2.75) is 19.4 Å². The van der Waals surface area contributed by atoms with Crippen LogP contribution in [0.5, 0.6) is 0 Å². The minimum atomic E-state index is -0.449. The summed E-state index contributed by atoms with van der Waals surface area (Å²) in [7, 11) is 0. The van der Waals surface area contributed by atoms with Crippen LogP contribution in [-0.2, 0) is 4.74 Å². The molecule has 0 radical (unpaired) electrons. The molecule has 1 saturated heterocycles. The second kappa shape index (κ2) is 4.57. The van der Waals surface area contributed by atoms with E-state index in [9.17, 15) is 4.39 Å². The van der Waals surface area contributed by atoms with Crippen LogP contribution in [0.4, 0.5) is 10.2 Å². The normalized spacial score (nSPS) is 22.7. The van der Waals surface area contributed by atoms with Gasteiger partial charge in [0.15, 0.2) is 0 Å². The number of rotatable bonds is 3. The first-order valence-electron chi connectivity index (χ1n) is 5.22. The van der Waals surface area contributed by atoms with E-state index in [0.717, 1.165) is 19.6 Å². The molecule has 2 atom stereocenters. The van der Waals surface area contributed by atoms with E-state index in [4.69, 9.17) is 4.74 Å². The quantitative estimate of drug-likeness (QED) is 0.775. The summed E-state index contributed by atoms with van der Waals surface area (Å²) in [6, 6.07) is 5.04. The highest BCUT2D eigenvalue weighted by molar-refractivity contribution is 5.34. The zero-order valence-corrected chi connectivity index (χ0v) is 8.74. The molecule has 0 aliphatic carbocycles. The molecule has 2 heterocycles. The van der Waals surface area contributed by atoms with Crippen molar-refractivity contribution < 1.29 is 9.13 Å². The highest BCUT2D eigenvalue weighted by Gasteiger charge is 2.22. The maximum atomic E-state index is 12.8. The van der Waals surface area contributed by atoms with E-state index in [-0.39, 0.29) is 6.04 Å². The summed E-state index contributed by atoms with van der Waals surface area (Å²) in [5.74, 6) is 0.638. The fourth-order valence-electron chi connectivity index (χ4n) is 1.79. The first-order chi connectivity index (χ1) is 7.25. The van der Waals surface area contributed by atoms with Crippen LogP contribution in [0.3, 0.4) is 0 Å². The Morgan fingerprint density at radius 3 is 3.13 bits per heavy atom. The highest BCUT2D eigenvalue weighted by atomic mass is 19.1. The lowest BCUT2D eigenvalue weighted by atomic mass is 10.0. The van der Waals surface area contributed by atoms with Crippen molar-refractivity contribution in [2.24, 2.45) is 5.92 Å². The molecule has 3 nitrogen and oxygen atoms in total. The molecule has 0 saturated carbocycles. The second-order valence-electron chi connectivity index (χ2n) is 3.90. The SMILES string of the molecule is CC(Nc1cccc(F)n1)C1CCOC1. The van der Waals surface area contributed by atoms with Gasteiger partial charge in [-0.2, -0.15) is 4.39 Å². The molecule has 2 rings (SSSR count). The summed E-state index contributed by atoms with van der Waals surface area (Å²) in [6.45, 7) is 3.68. The standard InChI is InChI=1S/C11H15FN2O/c1-8(9-5-6-15-7-9)13-11-4-2-3-10(12)14-11/h2-4,8-9H,5-7H2,1H3,(H,13,14). The molecule has 1 aliphatic rings. The van der Waals surface area contributed by atoms with Crippen molar-refractivity contribution in [3.05, 3.63) is 24.1 Å². The minimum absolute atomic E-state index is 0.266. The second-order valence-corrected chi connectivity index (χ2v) is 3.90. The van der Waals surface area contributed by atoms with Crippen molar-refractivity contribution in [3.63, 3.8) is 0 Å². The van der Waals surface area contributed by atoms with Crippen molar-refractivity contribution in [3.8, 4) is 0 Å². The third kappa shape index (κ3) is 2.65. The summed E-state index contributed by atoms with van der Waals surface area (Å²) >= 11 is 0. The number of nitrogens with one attached hydrogen (secondary N) is 1. The van der Waals surface area contributed by atoms with Gasteiger partial charge >= 0.3 is 0 Å². The number of hydrogen-bond donors (Lipinski definition) is 1. The van der Waals surface area contributed by atoms with Gasteiger partial charge in [-0.05, 0) is 25.5 Å². The molecule has 0 aromatic carbocycles. The van der Waals surface area contributed by atoms with Gasteiger partial charge in [0.25, 0.3) is 0 Å². The first kappa shape index (κ1) is 10.4. The Morgan fingerprint density at radius 2 is 2.47 bits per heavy atom. The molecule has 4 heteroatoms. The summed E-state index contributed by atoms with van der Waals surface area (Å²) in [4.78, 5) is 3.77. The summed E-state index contributed by atoms with van der Waals surface area (Å²) in [5.41, 5.74) is 0. The first-order valence-corrected chi connectivity index (χ1v) is 5.22. The van der Waals surface area contributed by atoms with E-state index in [0.29, 0.717) is 11.7 Å². The van der Waals surface area contributed by atoms with Crippen LogP contribution in [0.25, 0.3) is 0 Å². The number of hydrogen-bond acceptors (Lipinski definition) is 3. The number of anilines is 1. The van der Waals surface area contributed by atoms with E-state index in [1.165, 1.54) is 6.07 Å². The molecule has 0 bridgehead atoms. The lowest BCUT2D eigenvalue weighted by molar-refractivity contribution is 0.183. The van der Waals surface area contributed by atoms with E-state index < -0.39 is 5.95 Å². The molecule has 1 aromatic heterocycles. The lowest BCUT2D eigenvalue weighted by Gasteiger charge is -2.19. The van der Waals surface area contributed by atoms with Crippen LogP contribution in [0, 0.1) is 11.9 Å². The van der Waals surface area contributed by atoms with Crippen molar-refractivity contribution in [2.75, 3.05) is 18.5 Å². The molecule has 1 aliphatic heterocycles. The average molecular weight is 210 g/mol. The summed E-state index contributed by atoms with van der Waals surface area (Å²) in [6.07, 6.45) is 1.06. The van der Waals surface area contributed by atoms with Crippen LogP contribution in [0.1, 0.15) is 13.3 Å². The predicted molar refractivity (Wildman–Crippen MR) is 56.2 cm³/mol. The molecule has 15 heavy (non-hydrogen) atoms. The largest absolute Gasteiger partial charge is 0.381 e. The van der Waals surface area contributed by atoms with Gasteiger partial charge in [-0.15, -0.1) is 0 Å². The van der Waals surface area contributed by atoms with Crippen molar-refractivity contribution >= 4 is 5.82 Å². The Labute approximate surface area is 88.7 Å².